The maximum atomic E-state index is 9.03. The molecule has 0 aliphatic carbocycles. The number of benzene rings is 1. The maximum absolute atomic E-state index is 9.03. The highest BCUT2D eigenvalue weighted by molar-refractivity contribution is 5.54. The summed E-state index contributed by atoms with van der Waals surface area (Å²) in [7, 11) is 1.60. The van der Waals surface area contributed by atoms with Crippen LogP contribution in [-0.2, 0) is 6.54 Å². The lowest BCUT2D eigenvalue weighted by Crippen LogP contribution is -2.07. The Labute approximate surface area is 132 Å². The summed E-state index contributed by atoms with van der Waals surface area (Å²) in [6.07, 6.45) is 0. The molecule has 0 aliphatic rings. The van der Waals surface area contributed by atoms with E-state index in [1.165, 1.54) is 4.68 Å². The summed E-state index contributed by atoms with van der Waals surface area (Å²) in [5.41, 5.74) is 7.61. The van der Waals surface area contributed by atoms with Gasteiger partial charge in [0.1, 0.15) is 29.7 Å². The number of aryl methyl sites for hydroxylation is 1. The number of rotatable bonds is 4. The molecule has 3 aromatic rings. The Bertz CT molecular complexity index is 873. The number of ether oxygens (including phenoxy) is 1. The van der Waals surface area contributed by atoms with E-state index in [1.807, 2.05) is 30.3 Å². The fourth-order valence-corrected chi connectivity index (χ4v) is 2.16. The first-order valence-electron chi connectivity index (χ1n) is 6.82. The van der Waals surface area contributed by atoms with E-state index in [2.05, 4.69) is 15.2 Å². The molecule has 0 aliphatic heterocycles. The van der Waals surface area contributed by atoms with Crippen LogP contribution in [0.4, 0.5) is 5.82 Å². The van der Waals surface area contributed by atoms with Crippen molar-refractivity contribution in [2.45, 2.75) is 13.5 Å². The smallest absolute Gasteiger partial charge is 0.257 e. The average Bonchev–Trinajstić information content (AvgIpc) is 3.13. The van der Waals surface area contributed by atoms with E-state index in [0.717, 1.165) is 11.3 Å². The Kier molecular flexibility index (Phi) is 3.68. The molecule has 1 aromatic carbocycles. The zero-order chi connectivity index (χ0) is 16.4. The number of hydrogen-bond donors (Lipinski definition) is 1. The molecule has 23 heavy (non-hydrogen) atoms. The summed E-state index contributed by atoms with van der Waals surface area (Å²) in [5.74, 6) is 1.86. The van der Waals surface area contributed by atoms with E-state index >= 15 is 0 Å². The van der Waals surface area contributed by atoms with Gasteiger partial charge in [-0.1, -0.05) is 5.16 Å². The van der Waals surface area contributed by atoms with Crippen LogP contribution in [0.3, 0.4) is 0 Å². The molecule has 0 fully saturated rings. The third-order valence-electron chi connectivity index (χ3n) is 3.37. The molecule has 0 bridgehead atoms. The van der Waals surface area contributed by atoms with Crippen molar-refractivity contribution in [2.24, 2.45) is 0 Å². The minimum atomic E-state index is 0.230. The van der Waals surface area contributed by atoms with Gasteiger partial charge in [0.2, 0.25) is 0 Å². The van der Waals surface area contributed by atoms with Gasteiger partial charge in [0.15, 0.2) is 5.82 Å². The largest absolute Gasteiger partial charge is 0.497 e. The Hall–Kier alpha value is -3.34. The Morgan fingerprint density at radius 1 is 1.35 bits per heavy atom. The van der Waals surface area contributed by atoms with Crippen LogP contribution in [0.2, 0.25) is 0 Å². The van der Waals surface area contributed by atoms with Crippen molar-refractivity contribution < 1.29 is 9.26 Å². The number of hydrogen-bond acceptors (Lipinski definition) is 7. The number of nitrogens with two attached hydrogens (primary N) is 1. The monoisotopic (exact) mass is 310 g/mol. The third-order valence-corrected chi connectivity index (χ3v) is 3.37. The van der Waals surface area contributed by atoms with E-state index in [4.69, 9.17) is 20.3 Å². The molecule has 2 N–H and O–H groups in total. The zero-order valence-electron chi connectivity index (χ0n) is 12.6. The quantitative estimate of drug-likeness (QED) is 0.780. The summed E-state index contributed by atoms with van der Waals surface area (Å²) in [6, 6.07) is 9.31. The summed E-state index contributed by atoms with van der Waals surface area (Å²) >= 11 is 0. The lowest BCUT2D eigenvalue weighted by Gasteiger charge is -1.99. The van der Waals surface area contributed by atoms with Crippen molar-refractivity contribution in [1.29, 1.82) is 5.26 Å². The molecule has 116 valence electrons. The Balaban J connectivity index is 1.83. The van der Waals surface area contributed by atoms with Gasteiger partial charge < -0.3 is 15.0 Å². The van der Waals surface area contributed by atoms with Crippen LogP contribution in [0.1, 0.15) is 17.1 Å². The summed E-state index contributed by atoms with van der Waals surface area (Å²) in [5, 5.41) is 17.2. The zero-order valence-corrected chi connectivity index (χ0v) is 12.6. The molecular formula is C15H14N6O2. The van der Waals surface area contributed by atoms with Crippen LogP contribution in [0.5, 0.6) is 5.75 Å². The molecule has 0 unspecified atom stereocenters. The van der Waals surface area contributed by atoms with Gasteiger partial charge in [-0.25, -0.2) is 4.68 Å². The molecule has 0 radical (unpaired) electrons. The maximum Gasteiger partial charge on any atom is 0.257 e. The molecule has 8 nitrogen and oxygen atoms in total. The molecule has 2 aromatic heterocycles. The topological polar surface area (TPSA) is 116 Å². The number of nitrogen functional groups attached to an aromatic ring is 1. The van der Waals surface area contributed by atoms with E-state index in [-0.39, 0.29) is 6.54 Å². The van der Waals surface area contributed by atoms with E-state index < -0.39 is 0 Å². The number of aromatic nitrogens is 4. The first-order valence-corrected chi connectivity index (χ1v) is 6.82. The second kappa shape index (κ2) is 5.81. The highest BCUT2D eigenvalue weighted by Crippen LogP contribution is 2.21. The minimum absolute atomic E-state index is 0.230. The van der Waals surface area contributed by atoms with Crippen LogP contribution in [0.15, 0.2) is 28.8 Å². The van der Waals surface area contributed by atoms with Crippen LogP contribution in [-0.4, -0.2) is 27.0 Å². The van der Waals surface area contributed by atoms with E-state index in [9.17, 15) is 0 Å². The summed E-state index contributed by atoms with van der Waals surface area (Å²) < 4.78 is 11.8. The van der Waals surface area contributed by atoms with Crippen molar-refractivity contribution in [2.75, 3.05) is 12.8 Å². The Morgan fingerprint density at radius 3 is 2.70 bits per heavy atom. The first kappa shape index (κ1) is 14.6. The highest BCUT2D eigenvalue weighted by Gasteiger charge is 2.15. The standard InChI is InChI=1S/C15H14N6O2/c1-9-12(7-16)14(17)21(19-9)8-13-18-15(23-20-13)10-3-5-11(22-2)6-4-10/h3-6H,8,17H2,1-2H3. The van der Waals surface area contributed by atoms with Gasteiger partial charge in [-0.15, -0.1) is 0 Å². The lowest BCUT2D eigenvalue weighted by molar-refractivity contribution is 0.413. The molecule has 0 amide bonds. The molecule has 0 saturated heterocycles. The van der Waals surface area contributed by atoms with Crippen LogP contribution < -0.4 is 10.5 Å². The van der Waals surface area contributed by atoms with Gasteiger partial charge in [-0.05, 0) is 31.2 Å². The molecule has 8 heteroatoms. The van der Waals surface area contributed by atoms with Crippen LogP contribution in [0.25, 0.3) is 11.5 Å². The van der Waals surface area contributed by atoms with Gasteiger partial charge in [-0.2, -0.15) is 15.3 Å². The predicted molar refractivity (Wildman–Crippen MR) is 81.5 cm³/mol. The molecule has 0 atom stereocenters. The van der Waals surface area contributed by atoms with Gasteiger partial charge in [-0.3, -0.25) is 0 Å². The minimum Gasteiger partial charge on any atom is -0.497 e. The van der Waals surface area contributed by atoms with E-state index in [1.54, 1.807) is 14.0 Å². The van der Waals surface area contributed by atoms with Crippen molar-refractivity contribution in [3.05, 3.63) is 41.3 Å². The first-order chi connectivity index (χ1) is 11.1. The fraction of sp³-hybridized carbons (Fsp3) is 0.200. The second-order valence-electron chi connectivity index (χ2n) is 4.86. The van der Waals surface area contributed by atoms with E-state index in [0.29, 0.717) is 28.8 Å². The highest BCUT2D eigenvalue weighted by atomic mass is 16.5. The predicted octanol–water partition coefficient (Wildman–Crippen LogP) is 1.75. The molecular weight excluding hydrogens is 296 g/mol. The van der Waals surface area contributed by atoms with Gasteiger partial charge in [0.05, 0.1) is 12.8 Å². The van der Waals surface area contributed by atoms with Gasteiger partial charge >= 0.3 is 0 Å². The van der Waals surface area contributed by atoms with Crippen molar-refractivity contribution >= 4 is 5.82 Å². The van der Waals surface area contributed by atoms with Crippen LogP contribution in [0, 0.1) is 18.3 Å². The lowest BCUT2D eigenvalue weighted by atomic mass is 10.2. The molecule has 0 spiro atoms. The molecule has 3 rings (SSSR count). The molecule has 0 saturated carbocycles. The van der Waals surface area contributed by atoms with Crippen molar-refractivity contribution in [3.8, 4) is 23.3 Å². The number of methoxy groups -OCH3 is 1. The van der Waals surface area contributed by atoms with Crippen molar-refractivity contribution in [1.82, 2.24) is 19.9 Å². The average molecular weight is 310 g/mol. The van der Waals surface area contributed by atoms with Crippen LogP contribution >= 0.6 is 0 Å². The normalized spacial score (nSPS) is 10.5. The number of nitrogens with zero attached hydrogens (tertiary/aromatic N) is 5. The SMILES string of the molecule is COc1ccc(-c2nc(Cn3nc(C)c(C#N)c3N)no2)cc1. The third kappa shape index (κ3) is 2.72. The van der Waals surface area contributed by atoms with Crippen molar-refractivity contribution in [3.63, 3.8) is 0 Å². The Morgan fingerprint density at radius 2 is 2.09 bits per heavy atom. The summed E-state index contributed by atoms with van der Waals surface area (Å²) in [4.78, 5) is 4.32. The summed E-state index contributed by atoms with van der Waals surface area (Å²) in [6.45, 7) is 1.96. The number of nitriles is 1. The second-order valence-corrected chi connectivity index (χ2v) is 4.86. The van der Waals surface area contributed by atoms with Gasteiger partial charge in [0, 0.05) is 5.56 Å². The fourth-order valence-electron chi connectivity index (χ4n) is 2.16. The number of anilines is 1. The van der Waals surface area contributed by atoms with Gasteiger partial charge in [0.25, 0.3) is 5.89 Å². The molecule has 2 heterocycles.